The molecule has 1 unspecified atom stereocenters. The van der Waals surface area contributed by atoms with Crippen molar-refractivity contribution >= 4 is 0 Å². The summed E-state index contributed by atoms with van der Waals surface area (Å²) in [4.78, 5) is 0. The van der Waals surface area contributed by atoms with E-state index in [1.165, 1.54) is 6.07 Å². The van der Waals surface area contributed by atoms with Crippen LogP contribution in [0.15, 0.2) is 24.3 Å². The summed E-state index contributed by atoms with van der Waals surface area (Å²) in [5.74, 6) is -0.329. The quantitative estimate of drug-likeness (QED) is 0.778. The number of aliphatic hydroxyl groups excluding tert-OH is 1. The maximum atomic E-state index is 13.5. The number of ether oxygens (including phenoxy) is 1. The van der Waals surface area contributed by atoms with Crippen molar-refractivity contribution in [3.05, 3.63) is 35.6 Å². The number of nitrogens with two attached hydrogens (primary N) is 1. The van der Waals surface area contributed by atoms with Gasteiger partial charge in [-0.05, 0) is 6.07 Å². The molecule has 1 aromatic rings. The lowest BCUT2D eigenvalue weighted by molar-refractivity contribution is -0.150. The van der Waals surface area contributed by atoms with Gasteiger partial charge in [0.25, 0.3) is 0 Å². The molecule has 1 aliphatic rings. The first-order valence-electron chi connectivity index (χ1n) is 4.88. The van der Waals surface area contributed by atoms with E-state index in [-0.39, 0.29) is 12.4 Å². The summed E-state index contributed by atoms with van der Waals surface area (Å²) in [6.45, 7) is 0.695. The minimum absolute atomic E-state index is 0.0809. The van der Waals surface area contributed by atoms with E-state index in [0.717, 1.165) is 0 Å². The molecule has 1 heterocycles. The molecule has 4 heteroatoms. The molecule has 0 radical (unpaired) electrons. The Morgan fingerprint density at radius 1 is 1.47 bits per heavy atom. The zero-order valence-corrected chi connectivity index (χ0v) is 8.32. The van der Waals surface area contributed by atoms with Crippen LogP contribution in [-0.4, -0.2) is 24.9 Å². The van der Waals surface area contributed by atoms with Gasteiger partial charge in [0.1, 0.15) is 5.82 Å². The van der Waals surface area contributed by atoms with E-state index in [1.807, 2.05) is 0 Å². The molecule has 0 spiro atoms. The van der Waals surface area contributed by atoms with E-state index in [1.54, 1.807) is 18.2 Å². The molecule has 3 nitrogen and oxygen atoms in total. The van der Waals surface area contributed by atoms with Crippen LogP contribution in [0.5, 0.6) is 0 Å². The number of hydrogen-bond acceptors (Lipinski definition) is 3. The van der Waals surface area contributed by atoms with E-state index in [4.69, 9.17) is 10.5 Å². The van der Waals surface area contributed by atoms with E-state index >= 15 is 0 Å². The number of rotatable bonds is 3. The third-order valence-corrected chi connectivity index (χ3v) is 2.99. The molecule has 0 aromatic heterocycles. The molecule has 15 heavy (non-hydrogen) atoms. The number of hydrogen-bond donors (Lipinski definition) is 2. The van der Waals surface area contributed by atoms with Crippen LogP contribution in [-0.2, 0) is 4.74 Å². The highest BCUT2D eigenvalue weighted by Gasteiger charge is 2.45. The Morgan fingerprint density at radius 2 is 2.13 bits per heavy atom. The Hall–Kier alpha value is -0.970. The Labute approximate surface area is 87.7 Å². The van der Waals surface area contributed by atoms with Crippen molar-refractivity contribution in [3.8, 4) is 0 Å². The van der Waals surface area contributed by atoms with Crippen molar-refractivity contribution in [3.63, 3.8) is 0 Å². The van der Waals surface area contributed by atoms with Gasteiger partial charge < -0.3 is 15.6 Å². The van der Waals surface area contributed by atoms with Crippen LogP contribution in [0.1, 0.15) is 11.6 Å². The van der Waals surface area contributed by atoms with Crippen LogP contribution in [0.2, 0.25) is 0 Å². The highest BCUT2D eigenvalue weighted by atomic mass is 19.1. The Kier molecular flexibility index (Phi) is 2.73. The zero-order chi connectivity index (χ0) is 10.9. The standard InChI is InChI=1S/C11H14FNO2/c12-9-4-2-1-3-8(9)10(13)11(5-14)6-15-7-11/h1-4,10,14H,5-7,13H2. The highest BCUT2D eigenvalue weighted by molar-refractivity contribution is 5.24. The molecule has 1 aliphatic heterocycles. The third kappa shape index (κ3) is 1.65. The minimum Gasteiger partial charge on any atom is -0.396 e. The molecule has 0 amide bonds. The van der Waals surface area contributed by atoms with Gasteiger partial charge in [-0.25, -0.2) is 4.39 Å². The summed E-state index contributed by atoms with van der Waals surface area (Å²) < 4.78 is 18.5. The second-order valence-corrected chi connectivity index (χ2v) is 4.01. The first-order chi connectivity index (χ1) is 7.19. The van der Waals surface area contributed by atoms with Gasteiger partial charge in [0, 0.05) is 11.6 Å². The lowest BCUT2D eigenvalue weighted by Gasteiger charge is -2.44. The van der Waals surface area contributed by atoms with Crippen LogP contribution in [0.3, 0.4) is 0 Å². The van der Waals surface area contributed by atoms with Crippen molar-refractivity contribution in [1.29, 1.82) is 0 Å². The summed E-state index contributed by atoms with van der Waals surface area (Å²) in [6.07, 6.45) is 0. The van der Waals surface area contributed by atoms with Crippen molar-refractivity contribution in [2.24, 2.45) is 11.1 Å². The monoisotopic (exact) mass is 211 g/mol. The zero-order valence-electron chi connectivity index (χ0n) is 8.32. The van der Waals surface area contributed by atoms with Crippen molar-refractivity contribution < 1.29 is 14.2 Å². The Bertz CT molecular complexity index is 347. The maximum absolute atomic E-state index is 13.5. The van der Waals surface area contributed by atoms with Crippen LogP contribution in [0.25, 0.3) is 0 Å². The third-order valence-electron chi connectivity index (χ3n) is 2.99. The fourth-order valence-corrected chi connectivity index (χ4v) is 1.79. The highest BCUT2D eigenvalue weighted by Crippen LogP contribution is 2.39. The Morgan fingerprint density at radius 3 is 2.60 bits per heavy atom. The van der Waals surface area contributed by atoms with Gasteiger partial charge in [-0.2, -0.15) is 0 Å². The topological polar surface area (TPSA) is 55.5 Å². The predicted molar refractivity (Wildman–Crippen MR) is 53.7 cm³/mol. The van der Waals surface area contributed by atoms with Gasteiger partial charge in [0.15, 0.2) is 0 Å². The van der Waals surface area contributed by atoms with E-state index in [2.05, 4.69) is 0 Å². The fourth-order valence-electron chi connectivity index (χ4n) is 1.79. The van der Waals surface area contributed by atoms with Crippen LogP contribution in [0, 0.1) is 11.2 Å². The van der Waals surface area contributed by atoms with Gasteiger partial charge in [0.05, 0.1) is 25.2 Å². The van der Waals surface area contributed by atoms with E-state index in [0.29, 0.717) is 18.8 Å². The summed E-state index contributed by atoms with van der Waals surface area (Å²) in [7, 11) is 0. The number of halogens is 1. The maximum Gasteiger partial charge on any atom is 0.127 e. The molecular weight excluding hydrogens is 197 g/mol. The number of aliphatic hydroxyl groups is 1. The summed E-state index contributed by atoms with van der Waals surface area (Å²) >= 11 is 0. The fraction of sp³-hybridized carbons (Fsp3) is 0.455. The summed E-state index contributed by atoms with van der Waals surface area (Å²) in [5.41, 5.74) is 5.89. The molecule has 1 fully saturated rings. The molecule has 82 valence electrons. The summed E-state index contributed by atoms with van der Waals surface area (Å²) in [5, 5.41) is 9.28. The molecular formula is C11H14FNO2. The van der Waals surface area contributed by atoms with Crippen LogP contribution in [0.4, 0.5) is 4.39 Å². The molecule has 0 bridgehead atoms. The first kappa shape index (κ1) is 10.5. The van der Waals surface area contributed by atoms with Gasteiger partial charge >= 0.3 is 0 Å². The largest absolute Gasteiger partial charge is 0.396 e. The second kappa shape index (κ2) is 3.89. The SMILES string of the molecule is NC(c1ccccc1F)C1(CO)COC1. The van der Waals surface area contributed by atoms with Crippen molar-refractivity contribution in [2.75, 3.05) is 19.8 Å². The predicted octanol–water partition coefficient (Wildman–Crippen LogP) is 0.834. The molecule has 1 saturated heterocycles. The average Bonchev–Trinajstić information content (AvgIpc) is 2.17. The van der Waals surface area contributed by atoms with Crippen molar-refractivity contribution in [2.45, 2.75) is 6.04 Å². The average molecular weight is 211 g/mol. The van der Waals surface area contributed by atoms with E-state index in [9.17, 15) is 9.50 Å². The first-order valence-corrected chi connectivity index (χ1v) is 4.88. The van der Waals surface area contributed by atoms with Gasteiger partial charge in [-0.3, -0.25) is 0 Å². The molecule has 1 aromatic carbocycles. The molecule has 0 saturated carbocycles. The van der Waals surface area contributed by atoms with E-state index < -0.39 is 11.5 Å². The van der Waals surface area contributed by atoms with Crippen LogP contribution < -0.4 is 5.73 Å². The smallest absolute Gasteiger partial charge is 0.127 e. The normalized spacial score (nSPS) is 20.7. The lowest BCUT2D eigenvalue weighted by atomic mass is 9.76. The second-order valence-electron chi connectivity index (χ2n) is 4.01. The molecule has 0 aliphatic carbocycles. The van der Waals surface area contributed by atoms with Gasteiger partial charge in [-0.15, -0.1) is 0 Å². The molecule has 2 rings (SSSR count). The molecule has 1 atom stereocenters. The number of benzene rings is 1. The van der Waals surface area contributed by atoms with Gasteiger partial charge in [0.2, 0.25) is 0 Å². The Balaban J connectivity index is 2.27. The summed E-state index contributed by atoms with van der Waals surface area (Å²) in [6, 6.07) is 5.87. The van der Waals surface area contributed by atoms with Gasteiger partial charge in [-0.1, -0.05) is 18.2 Å². The van der Waals surface area contributed by atoms with Crippen molar-refractivity contribution in [1.82, 2.24) is 0 Å². The lowest BCUT2D eigenvalue weighted by Crippen LogP contribution is -2.53. The molecule has 3 N–H and O–H groups in total. The minimum atomic E-state index is -0.516. The van der Waals surface area contributed by atoms with Crippen LogP contribution >= 0.6 is 0 Å².